The molecule has 0 fully saturated rings. The number of nitrogens with zero attached hydrogens (tertiary/aromatic N) is 1. The topological polar surface area (TPSA) is 50.1 Å². The molecule has 0 bridgehead atoms. The highest BCUT2D eigenvalue weighted by Crippen LogP contribution is 2.23. The largest absolute Gasteiger partial charge is 0.419 e. The fourth-order valence-electron chi connectivity index (χ4n) is 1.24. The zero-order valence-corrected chi connectivity index (χ0v) is 9.77. The SMILES string of the molecule is CC(C)(C)NNc1nc2c(F)ccc(F)c2o1. The van der Waals surface area contributed by atoms with Gasteiger partial charge in [-0.3, -0.25) is 5.43 Å². The molecular formula is C11H13F2N3O. The normalized spacial score (nSPS) is 12.1. The molecule has 92 valence electrons. The third-order valence-corrected chi connectivity index (χ3v) is 1.99. The molecule has 1 aromatic heterocycles. The number of nitrogens with one attached hydrogen (secondary N) is 2. The number of benzene rings is 1. The van der Waals surface area contributed by atoms with Crippen molar-refractivity contribution in [2.75, 3.05) is 5.43 Å². The summed E-state index contributed by atoms with van der Waals surface area (Å²) in [6.45, 7) is 5.76. The van der Waals surface area contributed by atoms with Crippen LogP contribution in [0.3, 0.4) is 0 Å². The highest BCUT2D eigenvalue weighted by Gasteiger charge is 2.15. The molecule has 17 heavy (non-hydrogen) atoms. The first-order chi connectivity index (χ1) is 7.87. The Morgan fingerprint density at radius 1 is 1.18 bits per heavy atom. The molecule has 0 radical (unpaired) electrons. The van der Waals surface area contributed by atoms with E-state index in [0.717, 1.165) is 12.1 Å². The smallest absolute Gasteiger partial charge is 0.310 e. The minimum Gasteiger partial charge on any atom is -0.419 e. The Labute approximate surface area is 97.0 Å². The van der Waals surface area contributed by atoms with Gasteiger partial charge in [-0.05, 0) is 32.9 Å². The van der Waals surface area contributed by atoms with Crippen molar-refractivity contribution < 1.29 is 13.2 Å². The first-order valence-corrected chi connectivity index (χ1v) is 5.14. The average molecular weight is 241 g/mol. The van der Waals surface area contributed by atoms with Crippen molar-refractivity contribution in [1.82, 2.24) is 10.4 Å². The van der Waals surface area contributed by atoms with Gasteiger partial charge in [-0.15, -0.1) is 0 Å². The first-order valence-electron chi connectivity index (χ1n) is 5.14. The minimum absolute atomic E-state index is 0.0268. The number of halogens is 2. The molecule has 1 heterocycles. The van der Waals surface area contributed by atoms with Crippen LogP contribution in [-0.2, 0) is 0 Å². The molecule has 0 saturated carbocycles. The first kappa shape index (κ1) is 11.8. The molecule has 0 aliphatic heterocycles. The van der Waals surface area contributed by atoms with Crippen LogP contribution in [0.25, 0.3) is 11.1 Å². The second kappa shape index (κ2) is 3.96. The molecule has 0 atom stereocenters. The summed E-state index contributed by atoms with van der Waals surface area (Å²) >= 11 is 0. The van der Waals surface area contributed by atoms with E-state index in [1.165, 1.54) is 0 Å². The Balaban J connectivity index is 2.32. The summed E-state index contributed by atoms with van der Waals surface area (Å²) in [7, 11) is 0. The van der Waals surface area contributed by atoms with E-state index in [9.17, 15) is 8.78 Å². The standard InChI is InChI=1S/C11H13F2N3O/c1-11(2,3)16-15-10-14-8-6(12)4-5-7(13)9(8)17-10/h4-5,16H,1-3H3,(H,14,15). The van der Waals surface area contributed by atoms with Gasteiger partial charge in [0.05, 0.1) is 0 Å². The zero-order valence-electron chi connectivity index (χ0n) is 9.77. The second-order valence-corrected chi connectivity index (χ2v) is 4.73. The maximum atomic E-state index is 13.3. The highest BCUT2D eigenvalue weighted by molar-refractivity contribution is 5.75. The Morgan fingerprint density at radius 3 is 2.41 bits per heavy atom. The molecule has 0 spiro atoms. The van der Waals surface area contributed by atoms with Crippen molar-refractivity contribution in [1.29, 1.82) is 0 Å². The van der Waals surface area contributed by atoms with Crippen LogP contribution in [0.5, 0.6) is 0 Å². The third kappa shape index (κ3) is 2.52. The van der Waals surface area contributed by atoms with Crippen molar-refractivity contribution in [2.45, 2.75) is 26.3 Å². The minimum atomic E-state index is -0.641. The van der Waals surface area contributed by atoms with Gasteiger partial charge in [0.2, 0.25) is 0 Å². The third-order valence-electron chi connectivity index (χ3n) is 1.99. The zero-order chi connectivity index (χ0) is 12.6. The summed E-state index contributed by atoms with van der Waals surface area (Å²) in [6.07, 6.45) is 0. The van der Waals surface area contributed by atoms with Gasteiger partial charge in [-0.1, -0.05) is 0 Å². The quantitative estimate of drug-likeness (QED) is 0.794. The summed E-state index contributed by atoms with van der Waals surface area (Å²) in [5.74, 6) is -1.26. The second-order valence-electron chi connectivity index (χ2n) is 4.73. The van der Waals surface area contributed by atoms with Crippen LogP contribution in [0.4, 0.5) is 14.8 Å². The van der Waals surface area contributed by atoms with Gasteiger partial charge in [0.25, 0.3) is 0 Å². The predicted molar refractivity (Wildman–Crippen MR) is 60.4 cm³/mol. The molecule has 0 saturated heterocycles. The molecule has 2 aromatic rings. The number of hydrogen-bond acceptors (Lipinski definition) is 4. The van der Waals surface area contributed by atoms with Gasteiger partial charge in [-0.2, -0.15) is 4.98 Å². The maximum Gasteiger partial charge on any atom is 0.310 e. The van der Waals surface area contributed by atoms with Crippen molar-refractivity contribution in [2.24, 2.45) is 0 Å². The van der Waals surface area contributed by atoms with Crippen molar-refractivity contribution in [3.8, 4) is 0 Å². The lowest BCUT2D eigenvalue weighted by atomic mass is 10.1. The van der Waals surface area contributed by atoms with Crippen molar-refractivity contribution in [3.63, 3.8) is 0 Å². The van der Waals surface area contributed by atoms with Gasteiger partial charge in [0.15, 0.2) is 22.7 Å². The fraction of sp³-hybridized carbons (Fsp3) is 0.364. The molecule has 4 nitrogen and oxygen atoms in total. The van der Waals surface area contributed by atoms with Gasteiger partial charge < -0.3 is 4.42 Å². The van der Waals surface area contributed by atoms with E-state index in [2.05, 4.69) is 15.8 Å². The van der Waals surface area contributed by atoms with E-state index < -0.39 is 11.6 Å². The fourth-order valence-corrected chi connectivity index (χ4v) is 1.24. The molecule has 0 unspecified atom stereocenters. The summed E-state index contributed by atoms with van der Waals surface area (Å²) in [5.41, 5.74) is 5.02. The number of anilines is 1. The van der Waals surface area contributed by atoms with Crippen LogP contribution in [0.1, 0.15) is 20.8 Å². The number of rotatable bonds is 2. The van der Waals surface area contributed by atoms with Crippen LogP contribution in [0, 0.1) is 11.6 Å². The van der Waals surface area contributed by atoms with Gasteiger partial charge in [0.1, 0.15) is 0 Å². The van der Waals surface area contributed by atoms with Crippen LogP contribution >= 0.6 is 0 Å². The summed E-state index contributed by atoms with van der Waals surface area (Å²) < 4.78 is 31.7. The highest BCUT2D eigenvalue weighted by atomic mass is 19.1. The number of fused-ring (bicyclic) bond motifs is 1. The molecule has 2 rings (SSSR count). The van der Waals surface area contributed by atoms with E-state index in [1.54, 1.807) is 0 Å². The lowest BCUT2D eigenvalue weighted by Gasteiger charge is -2.19. The van der Waals surface area contributed by atoms with Gasteiger partial charge in [0, 0.05) is 5.54 Å². The van der Waals surface area contributed by atoms with E-state index in [1.807, 2.05) is 20.8 Å². The van der Waals surface area contributed by atoms with Crippen molar-refractivity contribution in [3.05, 3.63) is 23.8 Å². The summed E-state index contributed by atoms with van der Waals surface area (Å²) in [5, 5.41) is 0. The predicted octanol–water partition coefficient (Wildman–Crippen LogP) is 2.82. The molecule has 2 N–H and O–H groups in total. The number of aromatic nitrogens is 1. The molecule has 0 amide bonds. The lowest BCUT2D eigenvalue weighted by Crippen LogP contribution is -2.40. The van der Waals surface area contributed by atoms with Crippen LogP contribution in [0.15, 0.2) is 16.5 Å². The summed E-state index contributed by atoms with van der Waals surface area (Å²) in [4.78, 5) is 3.82. The number of oxazole rings is 1. The Kier molecular flexibility index (Phi) is 2.74. The lowest BCUT2D eigenvalue weighted by molar-refractivity contribution is 0.449. The average Bonchev–Trinajstić information content (AvgIpc) is 2.65. The van der Waals surface area contributed by atoms with Gasteiger partial charge in [-0.25, -0.2) is 14.2 Å². The maximum absolute atomic E-state index is 13.3. The molecule has 1 aromatic carbocycles. The Hall–Kier alpha value is -1.69. The number of hydrogen-bond donors (Lipinski definition) is 2. The van der Waals surface area contributed by atoms with E-state index in [0.29, 0.717) is 0 Å². The monoisotopic (exact) mass is 241 g/mol. The number of hydrazine groups is 1. The molecular weight excluding hydrogens is 228 g/mol. The van der Waals surface area contributed by atoms with E-state index >= 15 is 0 Å². The van der Waals surface area contributed by atoms with Gasteiger partial charge >= 0.3 is 6.01 Å². The Bertz CT molecular complexity index is 506. The molecule has 0 aliphatic rings. The van der Waals surface area contributed by atoms with Crippen LogP contribution in [-0.4, -0.2) is 10.5 Å². The van der Waals surface area contributed by atoms with Crippen LogP contribution in [0.2, 0.25) is 0 Å². The molecule has 6 heteroatoms. The van der Waals surface area contributed by atoms with E-state index in [-0.39, 0.29) is 22.7 Å². The van der Waals surface area contributed by atoms with Crippen molar-refractivity contribution >= 4 is 17.1 Å². The Morgan fingerprint density at radius 2 is 1.82 bits per heavy atom. The van der Waals surface area contributed by atoms with Crippen LogP contribution < -0.4 is 10.9 Å². The summed E-state index contributed by atoms with van der Waals surface area (Å²) in [6, 6.07) is 2.05. The molecule has 0 aliphatic carbocycles. The van der Waals surface area contributed by atoms with E-state index in [4.69, 9.17) is 4.42 Å².